The monoisotopic (exact) mass is 393 g/mol. The molecule has 0 aliphatic carbocycles. The molecule has 0 saturated heterocycles. The van der Waals surface area contributed by atoms with Crippen molar-refractivity contribution in [1.29, 1.82) is 5.41 Å². The topological polar surface area (TPSA) is 162 Å². The number of hydrogen-bond acceptors (Lipinski definition) is 6. The van der Waals surface area contributed by atoms with Crippen LogP contribution in [0.3, 0.4) is 0 Å². The van der Waals surface area contributed by atoms with Crippen LogP contribution in [0.15, 0.2) is 24.5 Å². The number of amides is 2. The van der Waals surface area contributed by atoms with E-state index in [2.05, 4.69) is 20.9 Å². The molecule has 0 radical (unpaired) electrons. The maximum atomic E-state index is 12.5. The first-order valence-electron chi connectivity index (χ1n) is 9.01. The fourth-order valence-electron chi connectivity index (χ4n) is 2.27. The fourth-order valence-corrected chi connectivity index (χ4v) is 2.27. The van der Waals surface area contributed by atoms with Gasteiger partial charge in [-0.15, -0.1) is 0 Å². The summed E-state index contributed by atoms with van der Waals surface area (Å²) in [7, 11) is 0. The number of carbonyl (C=O) groups excluding carboxylic acids is 2. The Labute approximate surface area is 163 Å². The van der Waals surface area contributed by atoms with Crippen LogP contribution < -0.4 is 21.4 Å². The van der Waals surface area contributed by atoms with E-state index in [1.54, 1.807) is 23.8 Å². The van der Waals surface area contributed by atoms with Crippen LogP contribution in [0.1, 0.15) is 43.5 Å². The molecule has 0 aliphatic heterocycles. The number of rotatable bonds is 11. The fraction of sp³-hybridized carbons (Fsp3) is 0.529. The Balaban J connectivity index is 2.59. The lowest BCUT2D eigenvalue weighted by atomic mass is 10.1. The van der Waals surface area contributed by atoms with Crippen molar-refractivity contribution in [3.8, 4) is 0 Å². The van der Waals surface area contributed by atoms with Crippen LogP contribution in [0.2, 0.25) is 0 Å². The zero-order valence-corrected chi connectivity index (χ0v) is 16.0. The molecule has 1 aromatic rings. The van der Waals surface area contributed by atoms with E-state index in [0.717, 1.165) is 6.42 Å². The van der Waals surface area contributed by atoms with E-state index in [4.69, 9.17) is 5.41 Å². The first kappa shape index (κ1) is 22.8. The maximum Gasteiger partial charge on any atom is 0.253 e. The smallest absolute Gasteiger partial charge is 0.253 e. The second-order valence-electron chi connectivity index (χ2n) is 6.55. The molecule has 11 nitrogen and oxygen atoms in total. The van der Waals surface area contributed by atoms with Crippen LogP contribution in [0, 0.1) is 21.4 Å². The van der Waals surface area contributed by atoms with Gasteiger partial charge in [0.1, 0.15) is 6.04 Å². The average Bonchev–Trinajstić information content (AvgIpc) is 2.63. The molecule has 1 atom stereocenters. The van der Waals surface area contributed by atoms with Crippen LogP contribution >= 0.6 is 0 Å². The summed E-state index contributed by atoms with van der Waals surface area (Å²) in [6, 6.07) is 2.46. The van der Waals surface area contributed by atoms with Crippen LogP contribution in [0.25, 0.3) is 0 Å². The summed E-state index contributed by atoms with van der Waals surface area (Å²) < 4.78 is 0. The van der Waals surface area contributed by atoms with E-state index in [1.165, 1.54) is 6.20 Å². The van der Waals surface area contributed by atoms with Gasteiger partial charge in [0.05, 0.1) is 5.56 Å². The number of carbonyl (C=O) groups is 2. The van der Waals surface area contributed by atoms with Gasteiger partial charge in [-0.2, -0.15) is 0 Å². The maximum absolute atomic E-state index is 12.5. The molecule has 0 aliphatic rings. The van der Waals surface area contributed by atoms with Crippen LogP contribution in [0.5, 0.6) is 0 Å². The Morgan fingerprint density at radius 1 is 1.25 bits per heavy atom. The van der Waals surface area contributed by atoms with E-state index in [1.807, 2.05) is 13.8 Å². The quantitative estimate of drug-likeness (QED) is 0.120. The molecule has 11 heteroatoms. The Hall–Kier alpha value is -3.24. The number of nitrogens with one attached hydrogen (secondary N) is 5. The van der Waals surface area contributed by atoms with Gasteiger partial charge in [0.25, 0.3) is 11.9 Å². The molecule has 0 saturated carbocycles. The third-order valence-corrected chi connectivity index (χ3v) is 3.74. The van der Waals surface area contributed by atoms with Gasteiger partial charge >= 0.3 is 0 Å². The van der Waals surface area contributed by atoms with Gasteiger partial charge in [0.2, 0.25) is 5.91 Å². The number of nitro groups is 1. The number of guanidine groups is 1. The highest BCUT2D eigenvalue weighted by Gasteiger charge is 2.21. The zero-order chi connectivity index (χ0) is 20.9. The lowest BCUT2D eigenvalue weighted by Gasteiger charge is -2.19. The molecule has 28 heavy (non-hydrogen) atoms. The molecule has 0 bridgehead atoms. The van der Waals surface area contributed by atoms with Gasteiger partial charge < -0.3 is 16.0 Å². The molecule has 0 spiro atoms. The normalized spacial score (nSPS) is 11.4. The standard InChI is InChI=1S/C17H27N7O4/c1-12(2)7-10-20-16(26)14(6-4-9-21-17(18)23-24(27)28)22-15(25)13-5-3-8-19-11-13/h3,5,8,11-12,14H,4,6-7,9-10H2,1-2H3,(H,20,26)(H,22,25)(H3,18,21,23)/t14-/m0/s1. The zero-order valence-electron chi connectivity index (χ0n) is 16.0. The predicted octanol–water partition coefficient (Wildman–Crippen LogP) is 0.428. The number of aromatic nitrogens is 1. The minimum Gasteiger partial charge on any atom is -0.354 e. The lowest BCUT2D eigenvalue weighted by Crippen LogP contribution is -2.47. The van der Waals surface area contributed by atoms with Crippen molar-refractivity contribution in [2.45, 2.75) is 39.2 Å². The van der Waals surface area contributed by atoms with Gasteiger partial charge in [0.15, 0.2) is 5.03 Å². The number of hydrogen-bond donors (Lipinski definition) is 5. The van der Waals surface area contributed by atoms with Crippen molar-refractivity contribution in [3.05, 3.63) is 40.2 Å². The first-order valence-corrected chi connectivity index (χ1v) is 9.01. The molecule has 5 N–H and O–H groups in total. The Morgan fingerprint density at radius 2 is 2.00 bits per heavy atom. The number of hydrazine groups is 1. The third-order valence-electron chi connectivity index (χ3n) is 3.74. The molecular formula is C17H27N7O4. The molecule has 0 aromatic carbocycles. The van der Waals surface area contributed by atoms with Crippen molar-refractivity contribution < 1.29 is 14.6 Å². The number of pyridine rings is 1. The summed E-state index contributed by atoms with van der Waals surface area (Å²) in [5.41, 5.74) is 2.03. The lowest BCUT2D eigenvalue weighted by molar-refractivity contribution is -0.525. The highest BCUT2D eigenvalue weighted by atomic mass is 16.7. The summed E-state index contributed by atoms with van der Waals surface area (Å²) in [6.45, 7) is 4.84. The minimum atomic E-state index is -0.839. The molecule has 0 unspecified atom stereocenters. The van der Waals surface area contributed by atoms with Crippen molar-refractivity contribution in [3.63, 3.8) is 0 Å². The van der Waals surface area contributed by atoms with E-state index < -0.39 is 22.9 Å². The third kappa shape index (κ3) is 9.46. The highest BCUT2D eigenvalue weighted by Crippen LogP contribution is 2.03. The average molecular weight is 393 g/mol. The molecule has 154 valence electrons. The van der Waals surface area contributed by atoms with Crippen LogP contribution in [-0.2, 0) is 4.79 Å². The van der Waals surface area contributed by atoms with Gasteiger partial charge in [-0.3, -0.25) is 20.0 Å². The van der Waals surface area contributed by atoms with E-state index in [-0.39, 0.29) is 12.5 Å². The van der Waals surface area contributed by atoms with Crippen LogP contribution in [0.4, 0.5) is 0 Å². The van der Waals surface area contributed by atoms with E-state index in [9.17, 15) is 19.7 Å². The Bertz CT molecular complexity index is 667. The summed E-state index contributed by atoms with van der Waals surface area (Å²) >= 11 is 0. The molecule has 1 aromatic heterocycles. The van der Waals surface area contributed by atoms with Gasteiger partial charge in [0, 0.05) is 25.5 Å². The predicted molar refractivity (Wildman–Crippen MR) is 103 cm³/mol. The van der Waals surface area contributed by atoms with Crippen molar-refractivity contribution in [1.82, 2.24) is 26.4 Å². The van der Waals surface area contributed by atoms with Gasteiger partial charge in [-0.1, -0.05) is 19.3 Å². The van der Waals surface area contributed by atoms with Crippen molar-refractivity contribution >= 4 is 17.8 Å². The van der Waals surface area contributed by atoms with Gasteiger partial charge in [-0.05, 0) is 37.3 Å². The van der Waals surface area contributed by atoms with E-state index >= 15 is 0 Å². The Kier molecular flexibility index (Phi) is 9.94. The SMILES string of the molecule is CC(C)CCNC(=O)[C@H](CCCNC(=N)N[N+](=O)[O-])NC(=O)c1cccnc1. The second-order valence-corrected chi connectivity index (χ2v) is 6.55. The Morgan fingerprint density at radius 3 is 2.61 bits per heavy atom. The molecule has 1 heterocycles. The summed E-state index contributed by atoms with van der Waals surface area (Å²) in [5.74, 6) is -0.709. The largest absolute Gasteiger partial charge is 0.354 e. The molecular weight excluding hydrogens is 366 g/mol. The minimum absolute atomic E-state index is 0.234. The first-order chi connectivity index (χ1) is 13.3. The summed E-state index contributed by atoms with van der Waals surface area (Å²) in [4.78, 5) is 38.9. The summed E-state index contributed by atoms with van der Waals surface area (Å²) in [5, 5.41) is 24.8. The molecule has 2 amide bonds. The van der Waals surface area contributed by atoms with Gasteiger partial charge in [-0.25, -0.2) is 10.1 Å². The molecule has 0 fully saturated rings. The van der Waals surface area contributed by atoms with Crippen LogP contribution in [-0.4, -0.2) is 46.9 Å². The highest BCUT2D eigenvalue weighted by molar-refractivity contribution is 5.97. The van der Waals surface area contributed by atoms with Crippen molar-refractivity contribution in [2.24, 2.45) is 5.92 Å². The second kappa shape index (κ2) is 12.2. The number of nitrogens with zero attached hydrogens (tertiary/aromatic N) is 2. The van der Waals surface area contributed by atoms with E-state index in [0.29, 0.717) is 30.9 Å². The summed E-state index contributed by atoms with van der Waals surface area (Å²) in [6.07, 6.45) is 4.50. The molecule has 1 rings (SSSR count). The van der Waals surface area contributed by atoms with Crippen molar-refractivity contribution in [2.75, 3.05) is 13.1 Å².